The average molecular weight is 288 g/mol. The van der Waals surface area contributed by atoms with E-state index in [2.05, 4.69) is 5.32 Å². The molecular weight excluding hydrogens is 274 g/mol. The molecule has 4 nitrogen and oxygen atoms in total. The Morgan fingerprint density at radius 2 is 2.22 bits per heavy atom. The first-order valence-corrected chi connectivity index (χ1v) is 7.05. The second kappa shape index (κ2) is 5.71. The molecule has 1 aromatic rings. The number of hydrogen-bond acceptors (Lipinski definition) is 3. The van der Waals surface area contributed by atoms with E-state index in [-0.39, 0.29) is 17.9 Å². The highest BCUT2D eigenvalue weighted by Crippen LogP contribution is 2.27. The lowest BCUT2D eigenvalue weighted by Gasteiger charge is -2.32. The first kappa shape index (κ1) is 13.4. The molecule has 1 heterocycles. The summed E-state index contributed by atoms with van der Waals surface area (Å²) in [4.78, 5) is 23.3. The van der Waals surface area contributed by atoms with Gasteiger partial charge in [0.2, 0.25) is 5.91 Å². The van der Waals surface area contributed by atoms with Gasteiger partial charge in [-0.05, 0) is 25.3 Å². The van der Waals surface area contributed by atoms with Gasteiger partial charge in [0.1, 0.15) is 0 Å². The van der Waals surface area contributed by atoms with Gasteiger partial charge in [0.15, 0.2) is 0 Å². The molecule has 2 rings (SSSR count). The number of amides is 1. The number of aryl methyl sites for hydroxylation is 1. The summed E-state index contributed by atoms with van der Waals surface area (Å²) in [6.45, 7) is 0. The van der Waals surface area contributed by atoms with Gasteiger partial charge in [-0.2, -0.15) is 0 Å². The van der Waals surface area contributed by atoms with Crippen LogP contribution in [0.2, 0.25) is 5.02 Å². The summed E-state index contributed by atoms with van der Waals surface area (Å²) < 4.78 is 0. The Hall–Kier alpha value is -1.07. The Balaban J connectivity index is 1.66. The Bertz CT molecular complexity index is 454. The number of carboxylic acids is 1. The maximum atomic E-state index is 11.6. The van der Waals surface area contributed by atoms with Gasteiger partial charge in [0, 0.05) is 22.7 Å². The van der Waals surface area contributed by atoms with Crippen LogP contribution in [0.1, 0.15) is 24.1 Å². The molecule has 2 N–H and O–H groups in total. The normalized spacial score (nSPS) is 22.3. The van der Waals surface area contributed by atoms with Crippen LogP contribution in [-0.4, -0.2) is 23.0 Å². The molecule has 0 saturated heterocycles. The van der Waals surface area contributed by atoms with Gasteiger partial charge in [-0.25, -0.2) is 0 Å². The van der Waals surface area contributed by atoms with Crippen molar-refractivity contribution in [3.63, 3.8) is 0 Å². The number of aliphatic carboxylic acids is 1. The number of carboxylic acid groups (broad SMARTS) is 1. The maximum absolute atomic E-state index is 11.6. The summed E-state index contributed by atoms with van der Waals surface area (Å²) in [5.41, 5.74) is 0. The van der Waals surface area contributed by atoms with Crippen molar-refractivity contribution in [1.82, 2.24) is 5.32 Å². The first-order valence-electron chi connectivity index (χ1n) is 5.79. The van der Waals surface area contributed by atoms with Gasteiger partial charge in [0.25, 0.3) is 0 Å². The summed E-state index contributed by atoms with van der Waals surface area (Å²) in [6.07, 6.45) is 2.20. The van der Waals surface area contributed by atoms with Gasteiger partial charge in [-0.3, -0.25) is 9.59 Å². The lowest BCUT2D eigenvalue weighted by atomic mass is 9.80. The third-order valence-corrected chi connectivity index (χ3v) is 4.42. The van der Waals surface area contributed by atoms with Gasteiger partial charge in [0.05, 0.1) is 10.9 Å². The van der Waals surface area contributed by atoms with Crippen molar-refractivity contribution in [2.24, 2.45) is 5.92 Å². The molecular formula is C12H14ClNO3S. The van der Waals surface area contributed by atoms with Gasteiger partial charge in [-0.15, -0.1) is 11.3 Å². The van der Waals surface area contributed by atoms with Gasteiger partial charge < -0.3 is 10.4 Å². The maximum Gasteiger partial charge on any atom is 0.306 e. The van der Waals surface area contributed by atoms with Gasteiger partial charge in [-0.1, -0.05) is 11.6 Å². The Morgan fingerprint density at radius 3 is 2.78 bits per heavy atom. The number of thiophene rings is 1. The molecule has 98 valence electrons. The number of nitrogens with one attached hydrogen (secondary N) is 1. The molecule has 0 bridgehead atoms. The lowest BCUT2D eigenvalue weighted by Crippen LogP contribution is -2.46. The van der Waals surface area contributed by atoms with E-state index in [4.69, 9.17) is 16.7 Å². The van der Waals surface area contributed by atoms with Crippen LogP contribution in [0, 0.1) is 5.92 Å². The third kappa shape index (κ3) is 3.46. The fourth-order valence-electron chi connectivity index (χ4n) is 1.96. The van der Waals surface area contributed by atoms with Crippen LogP contribution in [0.15, 0.2) is 11.4 Å². The highest BCUT2D eigenvalue weighted by molar-refractivity contribution is 7.10. The Labute approximate surface area is 114 Å². The van der Waals surface area contributed by atoms with Crippen molar-refractivity contribution >= 4 is 34.8 Å². The van der Waals surface area contributed by atoms with Crippen LogP contribution in [-0.2, 0) is 16.0 Å². The summed E-state index contributed by atoms with van der Waals surface area (Å²) in [7, 11) is 0. The SMILES string of the molecule is O=C(CCc1cc(Cl)cs1)NC1CC(C(=O)O)C1. The predicted molar refractivity (Wildman–Crippen MR) is 69.9 cm³/mol. The van der Waals surface area contributed by atoms with Crippen LogP contribution < -0.4 is 5.32 Å². The number of carbonyl (C=O) groups is 2. The number of carbonyl (C=O) groups excluding carboxylic acids is 1. The molecule has 0 aromatic carbocycles. The second-order valence-electron chi connectivity index (χ2n) is 4.50. The van der Waals surface area contributed by atoms with Crippen molar-refractivity contribution in [2.75, 3.05) is 0 Å². The summed E-state index contributed by atoms with van der Waals surface area (Å²) in [6, 6.07) is 1.90. The highest BCUT2D eigenvalue weighted by atomic mass is 35.5. The average Bonchev–Trinajstić information content (AvgIpc) is 2.65. The Kier molecular flexibility index (Phi) is 4.24. The van der Waals surface area contributed by atoms with Crippen molar-refractivity contribution in [2.45, 2.75) is 31.7 Å². The molecule has 6 heteroatoms. The third-order valence-electron chi connectivity index (χ3n) is 3.07. The molecule has 1 aliphatic carbocycles. The fourth-order valence-corrected chi connectivity index (χ4v) is 3.04. The van der Waals surface area contributed by atoms with E-state index in [9.17, 15) is 9.59 Å². The van der Waals surface area contributed by atoms with E-state index in [1.54, 1.807) is 11.3 Å². The smallest absolute Gasteiger partial charge is 0.306 e. The minimum Gasteiger partial charge on any atom is -0.481 e. The quantitative estimate of drug-likeness (QED) is 0.873. The standard InChI is InChI=1S/C12H14ClNO3S/c13-8-5-10(18-6-8)1-2-11(15)14-9-3-7(4-9)12(16)17/h5-7,9H,1-4H2,(H,14,15)(H,16,17). The van der Waals surface area contributed by atoms with Crippen molar-refractivity contribution in [3.8, 4) is 0 Å². The van der Waals surface area contributed by atoms with Crippen molar-refractivity contribution in [3.05, 3.63) is 21.3 Å². The Morgan fingerprint density at radius 1 is 1.50 bits per heavy atom. The molecule has 0 aliphatic heterocycles. The molecule has 1 aromatic heterocycles. The molecule has 18 heavy (non-hydrogen) atoms. The van der Waals surface area contributed by atoms with Crippen LogP contribution in [0.4, 0.5) is 0 Å². The van der Waals surface area contributed by atoms with Crippen LogP contribution >= 0.6 is 22.9 Å². The van der Waals surface area contributed by atoms with E-state index < -0.39 is 5.97 Å². The molecule has 1 aliphatic rings. The highest BCUT2D eigenvalue weighted by Gasteiger charge is 2.35. The second-order valence-corrected chi connectivity index (χ2v) is 5.93. The zero-order valence-electron chi connectivity index (χ0n) is 9.69. The molecule has 0 unspecified atom stereocenters. The van der Waals surface area contributed by atoms with Crippen molar-refractivity contribution < 1.29 is 14.7 Å². The van der Waals surface area contributed by atoms with Crippen LogP contribution in [0.3, 0.4) is 0 Å². The molecule has 0 spiro atoms. The van der Waals surface area contributed by atoms with E-state index >= 15 is 0 Å². The van der Waals surface area contributed by atoms with Crippen molar-refractivity contribution in [1.29, 1.82) is 0 Å². The molecule has 1 amide bonds. The summed E-state index contributed by atoms with van der Waals surface area (Å²) in [5.74, 6) is -1.08. The number of hydrogen-bond donors (Lipinski definition) is 2. The topological polar surface area (TPSA) is 66.4 Å². The fraction of sp³-hybridized carbons (Fsp3) is 0.500. The van der Waals surface area contributed by atoms with E-state index in [1.807, 2.05) is 11.4 Å². The monoisotopic (exact) mass is 287 g/mol. The lowest BCUT2D eigenvalue weighted by molar-refractivity contribution is -0.146. The van der Waals surface area contributed by atoms with E-state index in [0.29, 0.717) is 30.7 Å². The minimum atomic E-state index is -0.770. The molecule has 1 saturated carbocycles. The van der Waals surface area contributed by atoms with Crippen LogP contribution in [0.5, 0.6) is 0 Å². The van der Waals surface area contributed by atoms with Gasteiger partial charge >= 0.3 is 5.97 Å². The van der Waals surface area contributed by atoms with Crippen LogP contribution in [0.25, 0.3) is 0 Å². The summed E-state index contributed by atoms with van der Waals surface area (Å²) >= 11 is 7.34. The zero-order chi connectivity index (χ0) is 13.1. The molecule has 0 radical (unpaired) electrons. The molecule has 1 fully saturated rings. The minimum absolute atomic E-state index is 0.0200. The number of halogens is 1. The largest absolute Gasteiger partial charge is 0.481 e. The van der Waals surface area contributed by atoms with E-state index in [0.717, 1.165) is 4.88 Å². The zero-order valence-corrected chi connectivity index (χ0v) is 11.3. The molecule has 0 atom stereocenters. The number of rotatable bonds is 5. The summed E-state index contributed by atoms with van der Waals surface area (Å²) in [5, 5.41) is 14.1. The van der Waals surface area contributed by atoms with E-state index in [1.165, 1.54) is 0 Å². The first-order chi connectivity index (χ1) is 8.54. The predicted octanol–water partition coefficient (Wildman–Crippen LogP) is 2.31.